The minimum Gasteiger partial charge on any atom is -0.481 e. The fourth-order valence-corrected chi connectivity index (χ4v) is 2.87. The lowest BCUT2D eigenvalue weighted by atomic mass is 9.77. The first-order valence-electron chi connectivity index (χ1n) is 7.42. The number of nitrogens with zero attached hydrogens (tertiary/aromatic N) is 2. The predicted octanol–water partition coefficient (Wildman–Crippen LogP) is 1.52. The predicted molar refractivity (Wildman–Crippen MR) is 79.4 cm³/mol. The lowest BCUT2D eigenvalue weighted by Gasteiger charge is -2.39. The second kappa shape index (κ2) is 7.04. The molecule has 0 spiro atoms. The summed E-state index contributed by atoms with van der Waals surface area (Å²) in [6.07, 6.45) is 5.64. The zero-order valence-corrected chi connectivity index (χ0v) is 13.1. The van der Waals surface area contributed by atoms with Crippen LogP contribution in [0.5, 0.6) is 11.8 Å². The van der Waals surface area contributed by atoms with E-state index in [0.29, 0.717) is 18.3 Å². The monoisotopic (exact) mass is 295 g/mol. The summed E-state index contributed by atoms with van der Waals surface area (Å²) in [6, 6.07) is 0. The summed E-state index contributed by atoms with van der Waals surface area (Å²) < 4.78 is 10.6. The second-order valence-electron chi connectivity index (χ2n) is 5.85. The first kappa shape index (κ1) is 16.0. The van der Waals surface area contributed by atoms with Crippen LogP contribution in [0.1, 0.15) is 38.2 Å². The Morgan fingerprint density at radius 2 is 1.81 bits per heavy atom. The number of hydrogen-bond acceptors (Lipinski definition) is 6. The molecule has 0 radical (unpaired) electrons. The number of ether oxygens (including phenoxy) is 2. The third-order valence-corrected chi connectivity index (χ3v) is 4.43. The van der Waals surface area contributed by atoms with Gasteiger partial charge in [-0.05, 0) is 31.6 Å². The van der Waals surface area contributed by atoms with Gasteiger partial charge in [-0.3, -0.25) is 0 Å². The van der Waals surface area contributed by atoms with Gasteiger partial charge in [0.2, 0.25) is 11.8 Å². The summed E-state index contributed by atoms with van der Waals surface area (Å²) in [5, 5.41) is 13.3. The zero-order valence-electron chi connectivity index (χ0n) is 13.1. The number of aromatic nitrogens is 2. The number of methoxy groups -OCH3 is 2. The molecule has 1 saturated carbocycles. The van der Waals surface area contributed by atoms with Crippen molar-refractivity contribution in [1.82, 2.24) is 15.3 Å². The second-order valence-corrected chi connectivity index (χ2v) is 5.85. The van der Waals surface area contributed by atoms with E-state index in [4.69, 9.17) is 9.47 Å². The van der Waals surface area contributed by atoms with E-state index < -0.39 is 0 Å². The van der Waals surface area contributed by atoms with Gasteiger partial charge in [0, 0.05) is 12.1 Å². The van der Waals surface area contributed by atoms with E-state index in [1.54, 1.807) is 14.2 Å². The lowest BCUT2D eigenvalue weighted by molar-refractivity contribution is 0.103. The summed E-state index contributed by atoms with van der Waals surface area (Å²) in [7, 11) is 3.16. The summed E-state index contributed by atoms with van der Waals surface area (Å²) in [5.41, 5.74) is 0.562. The molecule has 2 N–H and O–H groups in total. The maximum Gasteiger partial charge on any atom is 0.224 e. The fourth-order valence-electron chi connectivity index (χ4n) is 2.87. The van der Waals surface area contributed by atoms with Crippen molar-refractivity contribution in [2.24, 2.45) is 5.92 Å². The first-order chi connectivity index (χ1) is 10.1. The molecular weight excluding hydrogens is 270 g/mol. The number of rotatable bonds is 6. The van der Waals surface area contributed by atoms with Crippen LogP contribution in [0.4, 0.5) is 0 Å². The molecule has 1 aromatic heterocycles. The van der Waals surface area contributed by atoms with Crippen LogP contribution in [0.25, 0.3) is 0 Å². The van der Waals surface area contributed by atoms with Gasteiger partial charge in [0.25, 0.3) is 0 Å². The molecule has 6 nitrogen and oxygen atoms in total. The Morgan fingerprint density at radius 3 is 2.29 bits per heavy atom. The molecule has 0 bridgehead atoms. The van der Waals surface area contributed by atoms with E-state index in [1.807, 2.05) is 0 Å². The largest absolute Gasteiger partial charge is 0.481 e. The van der Waals surface area contributed by atoms with Crippen molar-refractivity contribution in [3.8, 4) is 11.8 Å². The fraction of sp³-hybridized carbons (Fsp3) is 0.733. The van der Waals surface area contributed by atoms with Crippen LogP contribution >= 0.6 is 0 Å². The molecule has 21 heavy (non-hydrogen) atoms. The smallest absolute Gasteiger partial charge is 0.224 e. The number of aliphatic hydroxyl groups excluding tert-OH is 1. The maximum atomic E-state index is 9.80. The Balaban J connectivity index is 2.11. The molecule has 1 aliphatic rings. The minimum absolute atomic E-state index is 0.137. The lowest BCUT2D eigenvalue weighted by Crippen LogP contribution is -2.50. The highest BCUT2D eigenvalue weighted by molar-refractivity contribution is 5.34. The molecule has 1 aliphatic carbocycles. The highest BCUT2D eigenvalue weighted by Gasteiger charge is 2.33. The van der Waals surface area contributed by atoms with Crippen molar-refractivity contribution in [3.05, 3.63) is 11.9 Å². The van der Waals surface area contributed by atoms with Crippen molar-refractivity contribution in [1.29, 1.82) is 0 Å². The molecule has 0 amide bonds. The molecule has 0 unspecified atom stereocenters. The minimum atomic E-state index is -0.224. The van der Waals surface area contributed by atoms with E-state index in [-0.39, 0.29) is 12.1 Å². The van der Waals surface area contributed by atoms with Gasteiger partial charge in [-0.1, -0.05) is 6.92 Å². The molecule has 1 heterocycles. The Kier molecular flexibility index (Phi) is 5.36. The van der Waals surface area contributed by atoms with Crippen LogP contribution in [0.2, 0.25) is 0 Å². The van der Waals surface area contributed by atoms with Gasteiger partial charge in [-0.2, -0.15) is 0 Å². The summed E-state index contributed by atoms with van der Waals surface area (Å²) in [6.45, 7) is 2.92. The van der Waals surface area contributed by atoms with Gasteiger partial charge in [-0.15, -0.1) is 0 Å². The zero-order chi connectivity index (χ0) is 15.3. The number of aliphatic hydroxyl groups is 1. The van der Waals surface area contributed by atoms with E-state index in [0.717, 1.165) is 37.2 Å². The topological polar surface area (TPSA) is 76.5 Å². The molecule has 2 rings (SSSR count). The third kappa shape index (κ3) is 3.63. The Bertz CT molecular complexity index is 437. The van der Waals surface area contributed by atoms with Crippen molar-refractivity contribution in [2.45, 2.75) is 44.7 Å². The molecule has 118 valence electrons. The van der Waals surface area contributed by atoms with Crippen LogP contribution in [-0.4, -0.2) is 41.4 Å². The Morgan fingerprint density at radius 1 is 1.24 bits per heavy atom. The summed E-state index contributed by atoms with van der Waals surface area (Å²) >= 11 is 0. The van der Waals surface area contributed by atoms with E-state index in [2.05, 4.69) is 22.2 Å². The Hall–Kier alpha value is -1.40. The van der Waals surface area contributed by atoms with Gasteiger partial charge in [-0.25, -0.2) is 9.97 Å². The van der Waals surface area contributed by atoms with Crippen LogP contribution in [0.15, 0.2) is 6.33 Å². The van der Waals surface area contributed by atoms with Crippen molar-refractivity contribution in [3.63, 3.8) is 0 Å². The van der Waals surface area contributed by atoms with Crippen molar-refractivity contribution >= 4 is 0 Å². The average Bonchev–Trinajstić information content (AvgIpc) is 2.54. The molecular formula is C15H25N3O3. The van der Waals surface area contributed by atoms with Crippen LogP contribution in [0.3, 0.4) is 0 Å². The van der Waals surface area contributed by atoms with Gasteiger partial charge in [0.05, 0.1) is 26.4 Å². The van der Waals surface area contributed by atoms with Gasteiger partial charge in [0.15, 0.2) is 0 Å². The Labute approximate surface area is 125 Å². The summed E-state index contributed by atoms with van der Waals surface area (Å²) in [4.78, 5) is 8.23. The van der Waals surface area contributed by atoms with Crippen LogP contribution < -0.4 is 14.8 Å². The average molecular weight is 295 g/mol. The molecule has 0 atom stereocenters. The van der Waals surface area contributed by atoms with E-state index in [1.165, 1.54) is 6.33 Å². The first-order valence-corrected chi connectivity index (χ1v) is 7.42. The van der Waals surface area contributed by atoms with Crippen molar-refractivity contribution < 1.29 is 14.6 Å². The molecule has 0 aliphatic heterocycles. The molecule has 0 saturated heterocycles. The number of hydrogen-bond donors (Lipinski definition) is 2. The van der Waals surface area contributed by atoms with E-state index in [9.17, 15) is 5.11 Å². The van der Waals surface area contributed by atoms with Gasteiger partial charge < -0.3 is 19.9 Å². The maximum absolute atomic E-state index is 9.80. The highest BCUT2D eigenvalue weighted by Crippen LogP contribution is 2.33. The normalized spacial score (nSPS) is 25.6. The molecule has 1 fully saturated rings. The quantitative estimate of drug-likeness (QED) is 0.829. The highest BCUT2D eigenvalue weighted by atomic mass is 16.5. The van der Waals surface area contributed by atoms with Gasteiger partial charge >= 0.3 is 0 Å². The molecule has 6 heteroatoms. The van der Waals surface area contributed by atoms with Crippen LogP contribution in [-0.2, 0) is 6.54 Å². The van der Waals surface area contributed by atoms with Crippen LogP contribution in [0, 0.1) is 5.92 Å². The van der Waals surface area contributed by atoms with Gasteiger partial charge in [0.1, 0.15) is 6.33 Å². The van der Waals surface area contributed by atoms with E-state index >= 15 is 0 Å². The summed E-state index contributed by atoms with van der Waals surface area (Å²) in [5.74, 6) is 1.74. The SMILES string of the molecule is COc1ncnc(OC)c1CNC1(CO)CCC(C)CC1. The van der Waals surface area contributed by atoms with Crippen molar-refractivity contribution in [2.75, 3.05) is 20.8 Å². The number of nitrogens with one attached hydrogen (secondary N) is 1. The standard InChI is InChI=1S/C15H25N3O3/c1-11-4-6-15(9-19,7-5-11)18-8-12-13(20-2)16-10-17-14(12)21-3/h10-11,18-19H,4-9H2,1-3H3. The molecule has 0 aromatic carbocycles. The molecule has 1 aromatic rings. The third-order valence-electron chi connectivity index (χ3n) is 4.43.